The van der Waals surface area contributed by atoms with Gasteiger partial charge in [-0.2, -0.15) is 5.26 Å². The number of anilines is 2. The first-order chi connectivity index (χ1) is 13.7. The number of amides is 1. The van der Waals surface area contributed by atoms with Gasteiger partial charge in [-0.15, -0.1) is 0 Å². The molecule has 0 saturated carbocycles. The first-order valence-electron chi connectivity index (χ1n) is 8.49. The molecule has 8 heteroatoms. The van der Waals surface area contributed by atoms with Crippen molar-refractivity contribution in [2.75, 3.05) is 17.4 Å². The van der Waals surface area contributed by atoms with Crippen molar-refractivity contribution in [2.45, 2.75) is 6.54 Å². The number of hydrogen-bond acceptors (Lipinski definition) is 7. The third-order valence-electron chi connectivity index (χ3n) is 4.07. The minimum atomic E-state index is -0.420. The van der Waals surface area contributed by atoms with Crippen LogP contribution in [-0.4, -0.2) is 22.7 Å². The molecule has 28 heavy (non-hydrogen) atoms. The van der Waals surface area contributed by atoms with Crippen LogP contribution in [0.2, 0.25) is 0 Å². The summed E-state index contributed by atoms with van der Waals surface area (Å²) < 4.78 is 10.7. The normalized spacial score (nSPS) is 11.5. The molecule has 0 saturated heterocycles. The predicted molar refractivity (Wildman–Crippen MR) is 101 cm³/mol. The number of carbonyl (C=O) groups excluding carboxylic acids is 1. The first kappa shape index (κ1) is 17.3. The number of nitrogens with one attached hydrogen (secondary N) is 2. The van der Waals surface area contributed by atoms with Gasteiger partial charge in [0.1, 0.15) is 11.8 Å². The molecule has 8 nitrogen and oxygen atoms in total. The van der Waals surface area contributed by atoms with Gasteiger partial charge in [0.25, 0.3) is 5.91 Å². The lowest BCUT2D eigenvalue weighted by atomic mass is 10.2. The van der Waals surface area contributed by atoms with E-state index in [9.17, 15) is 4.79 Å². The topological polar surface area (TPSA) is 109 Å². The van der Waals surface area contributed by atoms with Gasteiger partial charge in [-0.25, -0.2) is 9.97 Å². The molecule has 0 fully saturated rings. The number of carbonyl (C=O) groups is 1. The fourth-order valence-corrected chi connectivity index (χ4v) is 2.68. The fourth-order valence-electron chi connectivity index (χ4n) is 2.68. The van der Waals surface area contributed by atoms with E-state index in [1.807, 2.05) is 24.3 Å². The Morgan fingerprint density at radius 1 is 1.14 bits per heavy atom. The van der Waals surface area contributed by atoms with Gasteiger partial charge in [0, 0.05) is 12.7 Å². The molecule has 0 bridgehead atoms. The zero-order valence-corrected chi connectivity index (χ0v) is 14.7. The van der Waals surface area contributed by atoms with E-state index in [4.69, 9.17) is 14.7 Å². The summed E-state index contributed by atoms with van der Waals surface area (Å²) in [5.74, 6) is 1.32. The summed E-state index contributed by atoms with van der Waals surface area (Å²) in [6.45, 7) is 0.681. The van der Waals surface area contributed by atoms with Gasteiger partial charge in [0.15, 0.2) is 11.5 Å². The van der Waals surface area contributed by atoms with Gasteiger partial charge in [0.2, 0.25) is 12.7 Å². The van der Waals surface area contributed by atoms with Crippen molar-refractivity contribution >= 4 is 17.5 Å². The molecule has 2 N–H and O–H groups in total. The van der Waals surface area contributed by atoms with Gasteiger partial charge < -0.3 is 20.1 Å². The molecule has 138 valence electrons. The lowest BCUT2D eigenvalue weighted by Gasteiger charge is -2.09. The summed E-state index contributed by atoms with van der Waals surface area (Å²) in [5, 5.41) is 14.9. The Labute approximate surface area is 160 Å². The summed E-state index contributed by atoms with van der Waals surface area (Å²) in [6, 6.07) is 16.0. The third-order valence-corrected chi connectivity index (χ3v) is 4.07. The highest BCUT2D eigenvalue weighted by molar-refractivity contribution is 6.03. The maximum Gasteiger partial charge on any atom is 0.274 e. The second-order valence-corrected chi connectivity index (χ2v) is 5.92. The molecule has 2 aromatic carbocycles. The lowest BCUT2D eigenvalue weighted by molar-refractivity contribution is 0.102. The summed E-state index contributed by atoms with van der Waals surface area (Å²) in [5.41, 5.74) is 1.97. The quantitative estimate of drug-likeness (QED) is 0.707. The predicted octanol–water partition coefficient (Wildman–Crippen LogP) is 2.94. The molecular formula is C20H15N5O3. The number of aromatic nitrogens is 2. The summed E-state index contributed by atoms with van der Waals surface area (Å²) in [4.78, 5) is 20.8. The largest absolute Gasteiger partial charge is 0.454 e. The monoisotopic (exact) mass is 373 g/mol. The van der Waals surface area contributed by atoms with E-state index in [1.54, 1.807) is 24.3 Å². The van der Waals surface area contributed by atoms with Crippen LogP contribution in [0.15, 0.2) is 54.7 Å². The van der Waals surface area contributed by atoms with E-state index in [0.29, 0.717) is 29.5 Å². The molecule has 0 radical (unpaired) electrons. The van der Waals surface area contributed by atoms with E-state index in [-0.39, 0.29) is 12.5 Å². The highest BCUT2D eigenvalue weighted by Crippen LogP contribution is 2.32. The average Bonchev–Trinajstić information content (AvgIpc) is 3.21. The number of nitrogens with zero attached hydrogens (tertiary/aromatic N) is 3. The Morgan fingerprint density at radius 3 is 2.89 bits per heavy atom. The Bertz CT molecular complexity index is 1080. The van der Waals surface area contributed by atoms with Gasteiger partial charge in [-0.05, 0) is 35.9 Å². The molecule has 2 heterocycles. The lowest BCUT2D eigenvalue weighted by Crippen LogP contribution is -2.16. The molecule has 0 aliphatic carbocycles. The van der Waals surface area contributed by atoms with Crippen LogP contribution in [0.5, 0.6) is 11.5 Å². The second-order valence-electron chi connectivity index (χ2n) is 5.92. The van der Waals surface area contributed by atoms with Crippen LogP contribution < -0.4 is 20.1 Å². The number of benzene rings is 2. The minimum Gasteiger partial charge on any atom is -0.454 e. The number of hydrogen-bond donors (Lipinski definition) is 2. The molecule has 0 unspecified atom stereocenters. The van der Waals surface area contributed by atoms with Gasteiger partial charge in [0.05, 0.1) is 11.3 Å². The van der Waals surface area contributed by atoms with Crippen LogP contribution in [-0.2, 0) is 6.54 Å². The molecule has 3 aromatic rings. The maximum absolute atomic E-state index is 12.5. The van der Waals surface area contributed by atoms with Crippen molar-refractivity contribution in [3.05, 3.63) is 71.5 Å². The summed E-state index contributed by atoms with van der Waals surface area (Å²) >= 11 is 0. The first-order valence-corrected chi connectivity index (χ1v) is 8.49. The molecule has 4 rings (SSSR count). The molecule has 0 spiro atoms. The smallest absolute Gasteiger partial charge is 0.274 e. The van der Waals surface area contributed by atoms with Crippen LogP contribution >= 0.6 is 0 Å². The molecular weight excluding hydrogens is 358 g/mol. The minimum absolute atomic E-state index is 0.191. The van der Waals surface area contributed by atoms with Crippen LogP contribution in [0.4, 0.5) is 11.6 Å². The average molecular weight is 373 g/mol. The Hall–Kier alpha value is -4.12. The maximum atomic E-state index is 12.5. The van der Waals surface area contributed by atoms with Crippen molar-refractivity contribution < 1.29 is 14.3 Å². The van der Waals surface area contributed by atoms with Crippen molar-refractivity contribution in [1.29, 1.82) is 5.26 Å². The van der Waals surface area contributed by atoms with Crippen molar-refractivity contribution in [2.24, 2.45) is 0 Å². The van der Waals surface area contributed by atoms with E-state index in [2.05, 4.69) is 20.6 Å². The van der Waals surface area contributed by atoms with E-state index in [0.717, 1.165) is 11.3 Å². The number of para-hydroxylation sites is 1. The van der Waals surface area contributed by atoms with Crippen molar-refractivity contribution in [1.82, 2.24) is 9.97 Å². The zero-order valence-electron chi connectivity index (χ0n) is 14.7. The molecule has 1 aliphatic rings. The SMILES string of the molecule is N#Cc1ccccc1NC(=O)c1ccnc(NCc2ccc3c(c2)OCO3)n1. The van der Waals surface area contributed by atoms with E-state index >= 15 is 0 Å². The number of rotatable bonds is 5. The number of nitriles is 1. The standard InChI is InChI=1S/C20H15N5O3/c21-10-14-3-1-2-4-15(14)24-19(26)16-7-8-22-20(25-16)23-11-13-5-6-17-18(9-13)28-12-27-17/h1-9H,11-12H2,(H,24,26)(H,22,23,25). The van der Waals surface area contributed by atoms with Crippen LogP contribution in [0, 0.1) is 11.3 Å². The van der Waals surface area contributed by atoms with E-state index in [1.165, 1.54) is 12.3 Å². The molecule has 1 amide bonds. The Morgan fingerprint density at radius 2 is 2.00 bits per heavy atom. The Balaban J connectivity index is 1.44. The summed E-state index contributed by atoms with van der Waals surface area (Å²) in [7, 11) is 0. The number of fused-ring (bicyclic) bond motifs is 1. The van der Waals surface area contributed by atoms with E-state index < -0.39 is 5.91 Å². The molecule has 1 aromatic heterocycles. The zero-order chi connectivity index (χ0) is 19.3. The van der Waals surface area contributed by atoms with Crippen LogP contribution in [0.3, 0.4) is 0 Å². The highest BCUT2D eigenvalue weighted by Gasteiger charge is 2.14. The van der Waals surface area contributed by atoms with Crippen LogP contribution in [0.25, 0.3) is 0 Å². The highest BCUT2D eigenvalue weighted by atomic mass is 16.7. The third kappa shape index (κ3) is 3.68. The molecule has 0 atom stereocenters. The van der Waals surface area contributed by atoms with Gasteiger partial charge in [-0.1, -0.05) is 18.2 Å². The van der Waals surface area contributed by atoms with Crippen molar-refractivity contribution in [3.8, 4) is 17.6 Å². The summed E-state index contributed by atoms with van der Waals surface area (Å²) in [6.07, 6.45) is 1.50. The second kappa shape index (κ2) is 7.63. The number of ether oxygens (including phenoxy) is 2. The van der Waals surface area contributed by atoms with Crippen molar-refractivity contribution in [3.63, 3.8) is 0 Å². The Kier molecular flexibility index (Phi) is 4.72. The van der Waals surface area contributed by atoms with Gasteiger partial charge >= 0.3 is 0 Å². The van der Waals surface area contributed by atoms with Crippen LogP contribution in [0.1, 0.15) is 21.6 Å². The fraction of sp³-hybridized carbons (Fsp3) is 0.100. The molecule has 1 aliphatic heterocycles. The van der Waals surface area contributed by atoms with Gasteiger partial charge in [-0.3, -0.25) is 4.79 Å².